The second-order valence-corrected chi connectivity index (χ2v) is 23.5. The van der Waals surface area contributed by atoms with Crippen LogP contribution < -0.4 is 16.0 Å². The first kappa shape index (κ1) is 55.5. The van der Waals surface area contributed by atoms with Gasteiger partial charge in [-0.05, 0) is 50.8 Å². The van der Waals surface area contributed by atoms with Crippen LogP contribution in [0.3, 0.4) is 0 Å². The summed E-state index contributed by atoms with van der Waals surface area (Å²) in [6, 6.07) is 79.3. The van der Waals surface area contributed by atoms with Gasteiger partial charge in [0.25, 0.3) is 11.8 Å². The highest BCUT2D eigenvalue weighted by Gasteiger charge is 2.55. The SMILES string of the molecule is CSC1=C(C(=O)OC(c2ccccc2)c2ccccc2)N2C(=O)C(NC(=O)/C(=N\OCc3csc(NC(c4ccccc4)(c4ccccc4)c4ccccc4)n3)c3csc(NC(c4ccccc4)(c4ccccc4)c4ccccc4)n3)[C@@H]2SC1. The molecular formula is C68H55N7O5S4. The van der Waals surface area contributed by atoms with Crippen LogP contribution in [0.15, 0.2) is 269 Å². The maximum Gasteiger partial charge on any atom is 0.356 e. The van der Waals surface area contributed by atoms with Gasteiger partial charge in [0.15, 0.2) is 28.7 Å². The second kappa shape index (κ2) is 25.2. The molecule has 2 aliphatic rings. The van der Waals surface area contributed by atoms with E-state index in [1.54, 1.807) is 5.38 Å². The normalized spacial score (nSPS) is 15.2. The Morgan fingerprint density at radius 3 is 1.43 bits per heavy atom. The molecule has 12 nitrogen and oxygen atoms in total. The number of benzene rings is 8. The van der Waals surface area contributed by atoms with Gasteiger partial charge in [0.1, 0.15) is 33.9 Å². The van der Waals surface area contributed by atoms with E-state index >= 15 is 4.79 Å². The van der Waals surface area contributed by atoms with Crippen LogP contribution in [-0.2, 0) is 41.6 Å². The lowest BCUT2D eigenvalue weighted by Gasteiger charge is -2.49. The molecule has 1 unspecified atom stereocenters. The van der Waals surface area contributed by atoms with Crippen molar-refractivity contribution in [1.29, 1.82) is 0 Å². The van der Waals surface area contributed by atoms with Crippen molar-refractivity contribution in [3.8, 4) is 0 Å². The number of hydrogen-bond acceptors (Lipinski definition) is 14. The summed E-state index contributed by atoms with van der Waals surface area (Å²) in [4.78, 5) is 62.5. The summed E-state index contributed by atoms with van der Waals surface area (Å²) in [6.45, 7) is -0.104. The van der Waals surface area contributed by atoms with Crippen molar-refractivity contribution < 1.29 is 24.0 Å². The van der Waals surface area contributed by atoms with Gasteiger partial charge in [-0.25, -0.2) is 14.8 Å². The van der Waals surface area contributed by atoms with Crippen molar-refractivity contribution in [2.45, 2.75) is 35.2 Å². The highest BCUT2D eigenvalue weighted by molar-refractivity contribution is 8.05. The number of thiazole rings is 2. The predicted molar refractivity (Wildman–Crippen MR) is 338 cm³/mol. The molecule has 2 aliphatic heterocycles. The van der Waals surface area contributed by atoms with Gasteiger partial charge in [0.05, 0.1) is 5.69 Å². The van der Waals surface area contributed by atoms with Crippen molar-refractivity contribution in [2.24, 2.45) is 5.16 Å². The molecule has 416 valence electrons. The van der Waals surface area contributed by atoms with E-state index in [-0.39, 0.29) is 23.7 Å². The third-order valence-corrected chi connectivity index (χ3v) is 18.7. The monoisotopic (exact) mass is 1180 g/mol. The number of carbonyl (C=O) groups is 3. The lowest BCUT2D eigenvalue weighted by Crippen LogP contribution is -2.71. The van der Waals surface area contributed by atoms with Crippen LogP contribution >= 0.6 is 46.2 Å². The Morgan fingerprint density at radius 2 is 1.00 bits per heavy atom. The largest absolute Gasteiger partial charge is 0.448 e. The van der Waals surface area contributed by atoms with Gasteiger partial charge >= 0.3 is 5.97 Å². The van der Waals surface area contributed by atoms with E-state index in [1.165, 1.54) is 51.1 Å². The maximum atomic E-state index is 15.0. The summed E-state index contributed by atoms with van der Waals surface area (Å²) in [6.07, 6.45) is 1.14. The van der Waals surface area contributed by atoms with Crippen LogP contribution in [0.1, 0.15) is 62.0 Å². The quantitative estimate of drug-likeness (QED) is 0.0208. The van der Waals surface area contributed by atoms with E-state index in [1.807, 2.05) is 181 Å². The zero-order valence-corrected chi connectivity index (χ0v) is 48.6. The van der Waals surface area contributed by atoms with E-state index in [0.717, 1.165) is 44.5 Å². The first-order valence-corrected chi connectivity index (χ1v) is 31.2. The molecule has 1 saturated heterocycles. The van der Waals surface area contributed by atoms with E-state index < -0.39 is 46.4 Å². The van der Waals surface area contributed by atoms with Gasteiger partial charge in [-0.3, -0.25) is 14.5 Å². The number of amides is 2. The van der Waals surface area contributed by atoms with E-state index in [0.29, 0.717) is 26.6 Å². The molecular weight excluding hydrogens is 1120 g/mol. The number of nitrogens with zero attached hydrogens (tertiary/aromatic N) is 4. The van der Waals surface area contributed by atoms with Gasteiger partial charge in [0, 0.05) is 21.4 Å². The van der Waals surface area contributed by atoms with Gasteiger partial charge < -0.3 is 25.5 Å². The minimum Gasteiger partial charge on any atom is -0.448 e. The number of fused-ring (bicyclic) bond motifs is 1. The van der Waals surface area contributed by atoms with Gasteiger partial charge in [-0.15, -0.1) is 46.2 Å². The Kier molecular flexibility index (Phi) is 16.6. The number of oxime groups is 1. The highest BCUT2D eigenvalue weighted by Crippen LogP contribution is 2.46. The van der Waals surface area contributed by atoms with Crippen molar-refractivity contribution in [3.05, 3.63) is 320 Å². The molecule has 2 aromatic heterocycles. The molecule has 0 aliphatic carbocycles. The van der Waals surface area contributed by atoms with Crippen LogP contribution in [0.4, 0.5) is 10.3 Å². The highest BCUT2D eigenvalue weighted by atomic mass is 32.2. The Bertz CT molecular complexity index is 3700. The van der Waals surface area contributed by atoms with Crippen molar-refractivity contribution in [1.82, 2.24) is 20.2 Å². The smallest absolute Gasteiger partial charge is 0.356 e. The zero-order chi connectivity index (χ0) is 57.3. The zero-order valence-electron chi connectivity index (χ0n) is 45.4. The number of esters is 1. The van der Waals surface area contributed by atoms with E-state index in [2.05, 4.69) is 93.9 Å². The summed E-state index contributed by atoms with van der Waals surface area (Å²) >= 11 is 5.58. The molecule has 0 saturated carbocycles. The standard InChI is InChI=1S/C68H55N7O5S4/c1-81-56-45-82-63-58(62(77)75(63)59(56)64(78)80-60(46-26-10-2-11-27-46)47-28-12-3-13-29-47)71-61(76)57(55-44-84-66(70-55)73-68(51-36-20-7-21-37-51,52-38-22-8-23-39-52)53-40-24-9-25-41-53)74-79-42-54-43-83-65(69-54)72-67(48-30-14-4-15-31-48,49-32-16-5-17-33-49)50-34-18-6-19-35-50/h2-41,43-44,58,60,63H,42,45H2,1H3,(H,69,72)(H,70,73)(H,71,76)/b74-57-/t58?,63-/m0/s1. The number of nitrogens with one attached hydrogen (secondary N) is 3. The number of ether oxygens (including phenoxy) is 1. The molecule has 0 bridgehead atoms. The van der Waals surface area contributed by atoms with Gasteiger partial charge in [-0.1, -0.05) is 248 Å². The number of hydrogen-bond donors (Lipinski definition) is 3. The van der Waals surface area contributed by atoms with Crippen LogP contribution in [-0.4, -0.2) is 61.8 Å². The first-order chi connectivity index (χ1) is 41.3. The Hall–Kier alpha value is -9.06. The van der Waals surface area contributed by atoms with Crippen LogP contribution in [0.25, 0.3) is 0 Å². The average molecular weight is 1180 g/mol. The van der Waals surface area contributed by atoms with Crippen LogP contribution in [0.2, 0.25) is 0 Å². The third-order valence-electron chi connectivity index (χ3n) is 14.8. The number of anilines is 2. The maximum absolute atomic E-state index is 15.0. The lowest BCUT2D eigenvalue weighted by molar-refractivity contribution is -0.154. The van der Waals surface area contributed by atoms with E-state index in [4.69, 9.17) is 19.5 Å². The molecule has 1 fully saturated rings. The molecule has 2 atom stereocenters. The third kappa shape index (κ3) is 11.2. The topological polar surface area (TPSA) is 147 Å². The molecule has 84 heavy (non-hydrogen) atoms. The molecule has 2 amide bonds. The fourth-order valence-corrected chi connectivity index (χ4v) is 14.6. The minimum absolute atomic E-state index is 0.104. The second-order valence-electron chi connectivity index (χ2n) is 19.8. The summed E-state index contributed by atoms with van der Waals surface area (Å²) in [5.41, 5.74) is 6.60. The molecule has 3 N–H and O–H groups in total. The summed E-state index contributed by atoms with van der Waals surface area (Å²) in [5.74, 6) is -1.38. The van der Waals surface area contributed by atoms with Crippen molar-refractivity contribution in [3.63, 3.8) is 0 Å². The Balaban J connectivity index is 0.855. The lowest BCUT2D eigenvalue weighted by atomic mass is 9.77. The molecule has 4 heterocycles. The minimum atomic E-state index is -1.03. The summed E-state index contributed by atoms with van der Waals surface area (Å²) in [5, 5.41) is 19.3. The summed E-state index contributed by atoms with van der Waals surface area (Å²) < 4.78 is 6.34. The summed E-state index contributed by atoms with van der Waals surface area (Å²) in [7, 11) is 0. The fourth-order valence-electron chi connectivity index (χ4n) is 10.8. The number of rotatable bonds is 21. The average Bonchev–Trinajstić information content (AvgIpc) is 2.72. The molecule has 8 aromatic carbocycles. The fraction of sp³-hybridized carbons (Fsp3) is 0.118. The molecule has 0 spiro atoms. The Labute approximate surface area is 503 Å². The van der Waals surface area contributed by atoms with Gasteiger partial charge in [-0.2, -0.15) is 0 Å². The van der Waals surface area contributed by atoms with Crippen molar-refractivity contribution in [2.75, 3.05) is 22.6 Å². The predicted octanol–water partition coefficient (Wildman–Crippen LogP) is 13.6. The Morgan fingerprint density at radius 1 is 0.595 bits per heavy atom. The molecule has 12 rings (SSSR count). The van der Waals surface area contributed by atoms with Gasteiger partial charge in [0.2, 0.25) is 0 Å². The number of carbonyl (C=O) groups excluding carboxylic acids is 3. The van der Waals surface area contributed by atoms with Crippen LogP contribution in [0.5, 0.6) is 0 Å². The number of β-lactam (4-membered cyclic amide) rings is 1. The number of aromatic nitrogens is 2. The van der Waals surface area contributed by atoms with Crippen LogP contribution in [0, 0.1) is 0 Å². The first-order valence-electron chi connectivity index (χ1n) is 27.2. The van der Waals surface area contributed by atoms with E-state index in [9.17, 15) is 9.59 Å². The molecule has 0 radical (unpaired) electrons. The van der Waals surface area contributed by atoms with Crippen molar-refractivity contribution >= 4 is 80.0 Å². The number of thioether (sulfide) groups is 2. The molecule has 10 aromatic rings. The molecule has 16 heteroatoms.